The Kier molecular flexibility index (Phi) is 2.52. The molecule has 0 bridgehead atoms. The SMILES string of the molecule is Cc1nn(-c2ccccc2O)c(C)c1Br. The van der Waals surface area contributed by atoms with Crippen molar-refractivity contribution >= 4 is 15.9 Å². The number of rotatable bonds is 1. The maximum absolute atomic E-state index is 9.71. The predicted molar refractivity (Wildman–Crippen MR) is 62.4 cm³/mol. The van der Waals surface area contributed by atoms with Crippen LogP contribution in [-0.4, -0.2) is 14.9 Å². The minimum absolute atomic E-state index is 0.232. The van der Waals surface area contributed by atoms with Gasteiger partial charge < -0.3 is 5.11 Å². The number of aryl methyl sites for hydroxylation is 1. The van der Waals surface area contributed by atoms with Gasteiger partial charge in [-0.3, -0.25) is 0 Å². The van der Waals surface area contributed by atoms with Crippen molar-refractivity contribution in [2.75, 3.05) is 0 Å². The number of aromatic hydroxyl groups is 1. The summed E-state index contributed by atoms with van der Waals surface area (Å²) in [7, 11) is 0. The van der Waals surface area contributed by atoms with E-state index in [0.29, 0.717) is 5.69 Å². The smallest absolute Gasteiger partial charge is 0.141 e. The first-order valence-corrected chi connectivity index (χ1v) is 5.40. The molecular weight excluding hydrogens is 256 g/mol. The van der Waals surface area contributed by atoms with E-state index in [1.165, 1.54) is 0 Å². The van der Waals surface area contributed by atoms with E-state index in [1.54, 1.807) is 16.8 Å². The van der Waals surface area contributed by atoms with E-state index in [-0.39, 0.29) is 5.75 Å². The Morgan fingerprint density at radius 3 is 2.47 bits per heavy atom. The summed E-state index contributed by atoms with van der Waals surface area (Å²) >= 11 is 3.46. The van der Waals surface area contributed by atoms with Crippen LogP contribution in [0.3, 0.4) is 0 Å². The minimum Gasteiger partial charge on any atom is -0.506 e. The van der Waals surface area contributed by atoms with E-state index < -0.39 is 0 Å². The van der Waals surface area contributed by atoms with Gasteiger partial charge in [-0.2, -0.15) is 5.10 Å². The lowest BCUT2D eigenvalue weighted by Crippen LogP contribution is -1.99. The van der Waals surface area contributed by atoms with Gasteiger partial charge in [0, 0.05) is 0 Å². The molecule has 0 saturated heterocycles. The number of phenolic OH excluding ortho intramolecular Hbond substituents is 1. The summed E-state index contributed by atoms with van der Waals surface area (Å²) in [6.45, 7) is 3.88. The van der Waals surface area contributed by atoms with Crippen LogP contribution >= 0.6 is 15.9 Å². The fourth-order valence-corrected chi connectivity index (χ4v) is 1.75. The quantitative estimate of drug-likeness (QED) is 0.862. The molecular formula is C11H11BrN2O. The number of aromatic nitrogens is 2. The van der Waals surface area contributed by atoms with Crippen molar-refractivity contribution in [1.29, 1.82) is 0 Å². The highest BCUT2D eigenvalue weighted by Gasteiger charge is 2.12. The number of hydrogen-bond donors (Lipinski definition) is 1. The first-order chi connectivity index (χ1) is 7.11. The van der Waals surface area contributed by atoms with Gasteiger partial charge in [-0.1, -0.05) is 12.1 Å². The fourth-order valence-electron chi connectivity index (χ4n) is 1.50. The highest BCUT2D eigenvalue weighted by Crippen LogP contribution is 2.27. The number of benzene rings is 1. The lowest BCUT2D eigenvalue weighted by Gasteiger charge is -2.05. The first kappa shape index (κ1) is 10.2. The topological polar surface area (TPSA) is 38.0 Å². The van der Waals surface area contributed by atoms with Crippen molar-refractivity contribution in [3.63, 3.8) is 0 Å². The Bertz CT molecular complexity index is 505. The molecule has 0 amide bonds. The van der Waals surface area contributed by atoms with Crippen molar-refractivity contribution in [2.45, 2.75) is 13.8 Å². The zero-order chi connectivity index (χ0) is 11.0. The summed E-state index contributed by atoms with van der Waals surface area (Å²) < 4.78 is 2.71. The first-order valence-electron chi connectivity index (χ1n) is 4.61. The Hall–Kier alpha value is -1.29. The van der Waals surface area contributed by atoms with Crippen LogP contribution in [0, 0.1) is 13.8 Å². The molecule has 2 rings (SSSR count). The molecule has 0 unspecified atom stereocenters. The molecule has 15 heavy (non-hydrogen) atoms. The van der Waals surface area contributed by atoms with Gasteiger partial charge in [-0.15, -0.1) is 0 Å². The Balaban J connectivity index is 2.65. The van der Waals surface area contributed by atoms with Crippen LogP contribution < -0.4 is 0 Å². The molecule has 1 aromatic heterocycles. The standard InChI is InChI=1S/C11H11BrN2O/c1-7-11(12)8(2)14(13-7)9-5-3-4-6-10(9)15/h3-6,15H,1-2H3. The Morgan fingerprint density at radius 2 is 1.93 bits per heavy atom. The summed E-state index contributed by atoms with van der Waals surface area (Å²) in [6.07, 6.45) is 0. The van der Waals surface area contributed by atoms with Gasteiger partial charge in [0.1, 0.15) is 11.4 Å². The molecule has 1 heterocycles. The van der Waals surface area contributed by atoms with Crippen molar-refractivity contribution in [2.24, 2.45) is 0 Å². The molecule has 4 heteroatoms. The summed E-state index contributed by atoms with van der Waals surface area (Å²) in [5, 5.41) is 14.1. The van der Waals surface area contributed by atoms with Gasteiger partial charge >= 0.3 is 0 Å². The molecule has 0 fully saturated rings. The molecule has 0 atom stereocenters. The van der Waals surface area contributed by atoms with E-state index in [9.17, 15) is 5.11 Å². The average molecular weight is 267 g/mol. The second kappa shape index (κ2) is 3.70. The number of halogens is 1. The Morgan fingerprint density at radius 1 is 1.27 bits per heavy atom. The highest BCUT2D eigenvalue weighted by atomic mass is 79.9. The molecule has 0 radical (unpaired) electrons. The molecule has 0 aliphatic rings. The van der Waals surface area contributed by atoms with Gasteiger partial charge in [-0.25, -0.2) is 4.68 Å². The monoisotopic (exact) mass is 266 g/mol. The maximum Gasteiger partial charge on any atom is 0.141 e. The van der Waals surface area contributed by atoms with Gasteiger partial charge in [0.25, 0.3) is 0 Å². The molecule has 0 aliphatic carbocycles. The predicted octanol–water partition coefficient (Wildman–Crippen LogP) is 2.96. The van der Waals surface area contributed by atoms with Crippen LogP contribution in [0.15, 0.2) is 28.7 Å². The van der Waals surface area contributed by atoms with E-state index >= 15 is 0 Å². The lowest BCUT2D eigenvalue weighted by atomic mass is 10.3. The molecule has 78 valence electrons. The zero-order valence-corrected chi connectivity index (χ0v) is 10.1. The average Bonchev–Trinajstić information content (AvgIpc) is 2.47. The van der Waals surface area contributed by atoms with Gasteiger partial charge in [0.2, 0.25) is 0 Å². The molecule has 0 aliphatic heterocycles. The van der Waals surface area contributed by atoms with Crippen molar-refractivity contribution in [3.05, 3.63) is 40.1 Å². The molecule has 3 nitrogen and oxygen atoms in total. The fraction of sp³-hybridized carbons (Fsp3) is 0.182. The molecule has 1 N–H and O–H groups in total. The third kappa shape index (κ3) is 1.65. The maximum atomic E-state index is 9.71. The summed E-state index contributed by atoms with van der Waals surface area (Å²) in [5.41, 5.74) is 2.59. The number of phenols is 1. The van der Waals surface area contributed by atoms with E-state index in [1.807, 2.05) is 26.0 Å². The van der Waals surface area contributed by atoms with Gasteiger partial charge in [0.15, 0.2) is 0 Å². The van der Waals surface area contributed by atoms with Crippen LogP contribution in [0.2, 0.25) is 0 Å². The highest BCUT2D eigenvalue weighted by molar-refractivity contribution is 9.10. The van der Waals surface area contributed by atoms with Crippen LogP contribution in [0.4, 0.5) is 0 Å². The summed E-state index contributed by atoms with van der Waals surface area (Å²) in [6, 6.07) is 7.15. The number of nitrogens with zero attached hydrogens (tertiary/aromatic N) is 2. The van der Waals surface area contributed by atoms with Crippen molar-refractivity contribution in [1.82, 2.24) is 9.78 Å². The van der Waals surface area contributed by atoms with Crippen LogP contribution in [0.1, 0.15) is 11.4 Å². The minimum atomic E-state index is 0.232. The lowest BCUT2D eigenvalue weighted by molar-refractivity contribution is 0.470. The van der Waals surface area contributed by atoms with E-state index in [0.717, 1.165) is 15.9 Å². The number of para-hydroxylation sites is 2. The molecule has 2 aromatic rings. The number of hydrogen-bond acceptors (Lipinski definition) is 2. The van der Waals surface area contributed by atoms with Crippen LogP contribution in [-0.2, 0) is 0 Å². The zero-order valence-electron chi connectivity index (χ0n) is 8.53. The second-order valence-electron chi connectivity index (χ2n) is 3.39. The van der Waals surface area contributed by atoms with Gasteiger partial charge in [-0.05, 0) is 41.9 Å². The van der Waals surface area contributed by atoms with Crippen molar-refractivity contribution in [3.8, 4) is 11.4 Å². The van der Waals surface area contributed by atoms with Crippen molar-refractivity contribution < 1.29 is 5.11 Å². The molecule has 1 aromatic carbocycles. The normalized spacial score (nSPS) is 10.6. The van der Waals surface area contributed by atoms with Crippen LogP contribution in [0.5, 0.6) is 5.75 Å². The van der Waals surface area contributed by atoms with Gasteiger partial charge in [0.05, 0.1) is 15.9 Å². The van der Waals surface area contributed by atoms with Crippen LogP contribution in [0.25, 0.3) is 5.69 Å². The molecule has 0 spiro atoms. The second-order valence-corrected chi connectivity index (χ2v) is 4.18. The summed E-state index contributed by atoms with van der Waals surface area (Å²) in [4.78, 5) is 0. The van der Waals surface area contributed by atoms with E-state index in [4.69, 9.17) is 0 Å². The third-order valence-electron chi connectivity index (χ3n) is 2.31. The van der Waals surface area contributed by atoms with E-state index in [2.05, 4.69) is 21.0 Å². The largest absolute Gasteiger partial charge is 0.506 e. The Labute approximate surface area is 96.5 Å². The third-order valence-corrected chi connectivity index (χ3v) is 3.46. The summed E-state index contributed by atoms with van der Waals surface area (Å²) in [5.74, 6) is 0.232. The molecule has 0 saturated carbocycles.